The number of ether oxygens (including phenoxy) is 1. The summed E-state index contributed by atoms with van der Waals surface area (Å²) in [4.78, 5) is 2.03. The summed E-state index contributed by atoms with van der Waals surface area (Å²) in [5.74, 6) is 0.567. The van der Waals surface area contributed by atoms with Crippen molar-refractivity contribution in [3.63, 3.8) is 0 Å². The van der Waals surface area contributed by atoms with Crippen LogP contribution in [-0.2, 0) is 6.42 Å². The summed E-state index contributed by atoms with van der Waals surface area (Å²) in [6, 6.07) is 12.6. The zero-order valence-electron chi connectivity index (χ0n) is 13.7. The summed E-state index contributed by atoms with van der Waals surface area (Å²) >= 11 is 12.4. The lowest BCUT2D eigenvalue weighted by atomic mass is 10.1. The Labute approximate surface area is 157 Å². The molecule has 0 heterocycles. The third-order valence-corrected chi connectivity index (χ3v) is 5.03. The first-order valence-corrected chi connectivity index (χ1v) is 8.75. The van der Waals surface area contributed by atoms with E-state index in [4.69, 9.17) is 33.2 Å². The zero-order valence-corrected chi connectivity index (χ0v) is 15.3. The zero-order chi connectivity index (χ0) is 18.0. The van der Waals surface area contributed by atoms with Gasteiger partial charge in [-0.1, -0.05) is 35.3 Å². The maximum absolute atomic E-state index is 10.5. The molecule has 0 amide bonds. The third kappa shape index (κ3) is 3.75. The molecule has 0 saturated heterocycles. The molecule has 1 aliphatic carbocycles. The van der Waals surface area contributed by atoms with Gasteiger partial charge in [0.25, 0.3) is 0 Å². The number of fused-ring (bicyclic) bond motifs is 1. The molecule has 2 aromatic rings. The third-order valence-electron chi connectivity index (χ3n) is 4.48. The molecule has 2 aromatic carbocycles. The van der Waals surface area contributed by atoms with Gasteiger partial charge in [0.1, 0.15) is 18.4 Å². The maximum Gasteiger partial charge on any atom is 0.137 e. The summed E-state index contributed by atoms with van der Waals surface area (Å²) in [6.07, 6.45) is -0.0271. The predicted octanol–water partition coefficient (Wildman–Crippen LogP) is 3.83. The van der Waals surface area contributed by atoms with Gasteiger partial charge in [-0.25, -0.2) is 0 Å². The van der Waals surface area contributed by atoms with Crippen molar-refractivity contribution in [2.45, 2.75) is 18.6 Å². The Morgan fingerprint density at radius 1 is 1.32 bits per heavy atom. The highest BCUT2D eigenvalue weighted by Gasteiger charge is 2.35. The van der Waals surface area contributed by atoms with Crippen molar-refractivity contribution in [2.75, 3.05) is 20.2 Å². The van der Waals surface area contributed by atoms with Crippen LogP contribution in [0.2, 0.25) is 10.0 Å². The van der Waals surface area contributed by atoms with E-state index in [0.29, 0.717) is 40.9 Å². The molecule has 0 saturated carbocycles. The van der Waals surface area contributed by atoms with E-state index in [1.807, 2.05) is 24.1 Å². The van der Waals surface area contributed by atoms with Crippen LogP contribution < -0.4 is 4.74 Å². The lowest BCUT2D eigenvalue weighted by Gasteiger charge is -2.28. The highest BCUT2D eigenvalue weighted by molar-refractivity contribution is 6.35. The molecule has 1 N–H and O–H groups in total. The molecule has 0 aromatic heterocycles. The minimum absolute atomic E-state index is 0.180. The van der Waals surface area contributed by atoms with Crippen molar-refractivity contribution in [3.8, 4) is 11.8 Å². The van der Waals surface area contributed by atoms with Gasteiger partial charge < -0.3 is 9.84 Å². The predicted molar refractivity (Wildman–Crippen MR) is 98.2 cm³/mol. The summed E-state index contributed by atoms with van der Waals surface area (Å²) in [6.45, 7) is 0.993. The molecule has 4 nitrogen and oxygen atoms in total. The molecule has 1 aliphatic rings. The molecule has 0 bridgehead atoms. The first-order chi connectivity index (χ1) is 12.0. The van der Waals surface area contributed by atoms with Crippen LogP contribution in [0.4, 0.5) is 0 Å². The fourth-order valence-electron chi connectivity index (χ4n) is 3.29. The molecule has 3 rings (SSSR count). The highest BCUT2D eigenvalue weighted by atomic mass is 35.5. The molecule has 0 fully saturated rings. The minimum Gasteiger partial charge on any atom is -0.491 e. The second-order valence-corrected chi connectivity index (χ2v) is 6.95. The number of aliphatic hydroxyl groups excluding tert-OH is 1. The summed E-state index contributed by atoms with van der Waals surface area (Å²) in [5.41, 5.74) is 2.42. The van der Waals surface area contributed by atoms with E-state index in [2.05, 4.69) is 6.07 Å². The lowest BCUT2D eigenvalue weighted by Crippen LogP contribution is -2.34. The van der Waals surface area contributed by atoms with Crippen molar-refractivity contribution < 1.29 is 9.84 Å². The van der Waals surface area contributed by atoms with Gasteiger partial charge in [-0.2, -0.15) is 5.26 Å². The normalized spacial score (nSPS) is 18.9. The number of rotatable bonds is 5. The van der Waals surface area contributed by atoms with Crippen molar-refractivity contribution in [1.29, 1.82) is 5.26 Å². The van der Waals surface area contributed by atoms with Crippen LogP contribution in [0, 0.1) is 11.3 Å². The number of nitriles is 1. The molecule has 130 valence electrons. The summed E-state index contributed by atoms with van der Waals surface area (Å²) in [5, 5.41) is 20.7. The summed E-state index contributed by atoms with van der Waals surface area (Å²) < 4.78 is 5.73. The first-order valence-electron chi connectivity index (χ1n) is 7.99. The van der Waals surface area contributed by atoms with Gasteiger partial charge >= 0.3 is 0 Å². The number of benzene rings is 2. The number of halogens is 2. The maximum atomic E-state index is 10.5. The summed E-state index contributed by atoms with van der Waals surface area (Å²) in [7, 11) is 1.93. The quantitative estimate of drug-likeness (QED) is 0.861. The van der Waals surface area contributed by atoms with E-state index < -0.39 is 6.10 Å². The molecule has 0 radical (unpaired) electrons. The van der Waals surface area contributed by atoms with Gasteiger partial charge in [-0.05, 0) is 42.4 Å². The van der Waals surface area contributed by atoms with E-state index in [9.17, 15) is 5.11 Å². The SMILES string of the molecule is CN(CCOc1ccccc1C#N)[C@H]1c2cc(Cl)cc(Cl)c2C[C@H]1O. The van der Waals surface area contributed by atoms with E-state index in [1.165, 1.54) is 0 Å². The largest absolute Gasteiger partial charge is 0.491 e. The van der Waals surface area contributed by atoms with Crippen molar-refractivity contribution in [1.82, 2.24) is 4.90 Å². The first kappa shape index (κ1) is 18.0. The standard InChI is InChI=1S/C19H18Cl2N2O2/c1-23(6-7-25-18-5-3-2-4-12(18)11-22)19-15-8-13(20)9-16(21)14(15)10-17(19)24/h2-5,8-9,17,19,24H,6-7,10H2,1H3/t17-,19+/m1/s1. The smallest absolute Gasteiger partial charge is 0.137 e. The van der Waals surface area contributed by atoms with Crippen LogP contribution in [0.25, 0.3) is 0 Å². The Bertz CT molecular complexity index is 820. The Morgan fingerprint density at radius 2 is 2.08 bits per heavy atom. The Kier molecular flexibility index (Phi) is 5.51. The molecular weight excluding hydrogens is 359 g/mol. The Hall–Kier alpha value is -1.77. The second-order valence-electron chi connectivity index (χ2n) is 6.11. The fraction of sp³-hybridized carbons (Fsp3) is 0.316. The second kappa shape index (κ2) is 7.63. The van der Waals surface area contributed by atoms with Crippen LogP contribution in [-0.4, -0.2) is 36.3 Å². The molecule has 6 heteroatoms. The number of hydrogen-bond donors (Lipinski definition) is 1. The number of likely N-dealkylation sites (N-methyl/N-ethyl adjacent to an activating group) is 1. The van der Waals surface area contributed by atoms with Gasteiger partial charge in [0.2, 0.25) is 0 Å². The Morgan fingerprint density at radius 3 is 2.84 bits per heavy atom. The van der Waals surface area contributed by atoms with Gasteiger partial charge in [0.15, 0.2) is 0 Å². The molecule has 0 unspecified atom stereocenters. The van der Waals surface area contributed by atoms with Crippen LogP contribution in [0.1, 0.15) is 22.7 Å². The van der Waals surface area contributed by atoms with Crippen molar-refractivity contribution in [2.24, 2.45) is 0 Å². The monoisotopic (exact) mass is 376 g/mol. The van der Waals surface area contributed by atoms with Gasteiger partial charge in [0, 0.05) is 23.0 Å². The average molecular weight is 377 g/mol. The number of aliphatic hydroxyl groups is 1. The van der Waals surface area contributed by atoms with Crippen molar-refractivity contribution >= 4 is 23.2 Å². The van der Waals surface area contributed by atoms with Crippen LogP contribution >= 0.6 is 23.2 Å². The van der Waals surface area contributed by atoms with Gasteiger partial charge in [-0.3, -0.25) is 4.90 Å². The van der Waals surface area contributed by atoms with Gasteiger partial charge in [-0.15, -0.1) is 0 Å². The number of nitrogens with zero attached hydrogens (tertiary/aromatic N) is 2. The van der Waals surface area contributed by atoms with E-state index in [1.54, 1.807) is 24.3 Å². The Balaban J connectivity index is 1.69. The highest BCUT2D eigenvalue weighted by Crippen LogP contribution is 2.40. The number of hydrogen-bond acceptors (Lipinski definition) is 4. The molecule has 2 atom stereocenters. The average Bonchev–Trinajstić information content (AvgIpc) is 2.91. The molecule has 25 heavy (non-hydrogen) atoms. The fourth-order valence-corrected chi connectivity index (χ4v) is 3.87. The van der Waals surface area contributed by atoms with Crippen LogP contribution in [0.15, 0.2) is 36.4 Å². The molecular formula is C19H18Cl2N2O2. The van der Waals surface area contributed by atoms with Crippen LogP contribution in [0.5, 0.6) is 5.75 Å². The van der Waals surface area contributed by atoms with Crippen LogP contribution in [0.3, 0.4) is 0 Å². The van der Waals surface area contributed by atoms with Crippen molar-refractivity contribution in [3.05, 3.63) is 63.1 Å². The number of para-hydroxylation sites is 1. The lowest BCUT2D eigenvalue weighted by molar-refractivity contribution is 0.0686. The topological polar surface area (TPSA) is 56.5 Å². The van der Waals surface area contributed by atoms with E-state index in [0.717, 1.165) is 11.1 Å². The van der Waals surface area contributed by atoms with E-state index >= 15 is 0 Å². The van der Waals surface area contributed by atoms with Gasteiger partial charge in [0.05, 0.1) is 17.7 Å². The molecule has 0 aliphatic heterocycles. The van der Waals surface area contributed by atoms with E-state index in [-0.39, 0.29) is 6.04 Å². The minimum atomic E-state index is -0.539. The molecule has 0 spiro atoms.